The van der Waals surface area contributed by atoms with E-state index < -0.39 is 0 Å². The van der Waals surface area contributed by atoms with Crippen LogP contribution < -0.4 is 5.32 Å². The van der Waals surface area contributed by atoms with E-state index >= 15 is 0 Å². The normalized spacial score (nSPS) is 16.7. The summed E-state index contributed by atoms with van der Waals surface area (Å²) in [6.45, 7) is 8.29. The van der Waals surface area contributed by atoms with Crippen LogP contribution in [-0.4, -0.2) is 62.5 Å². The van der Waals surface area contributed by atoms with Crippen LogP contribution in [0.5, 0.6) is 0 Å². The zero-order valence-electron chi connectivity index (χ0n) is 15.7. The zero-order valence-corrected chi connectivity index (χ0v) is 15.7. The highest BCUT2D eigenvalue weighted by molar-refractivity contribution is 5.66. The van der Waals surface area contributed by atoms with Gasteiger partial charge in [-0.25, -0.2) is 0 Å². The highest BCUT2D eigenvalue weighted by atomic mass is 16.5. The van der Waals surface area contributed by atoms with Gasteiger partial charge in [-0.2, -0.15) is 9.61 Å². The molecule has 27 heavy (non-hydrogen) atoms. The Labute approximate surface area is 158 Å². The van der Waals surface area contributed by atoms with E-state index in [0.29, 0.717) is 5.92 Å². The van der Waals surface area contributed by atoms with Crippen LogP contribution in [-0.2, 0) is 4.74 Å². The first-order valence-corrected chi connectivity index (χ1v) is 9.40. The molecule has 1 unspecified atom stereocenters. The molecule has 8 heteroatoms. The molecule has 4 rings (SSSR count). The molecule has 1 saturated heterocycles. The summed E-state index contributed by atoms with van der Waals surface area (Å²) in [6.07, 6.45) is 3.49. The lowest BCUT2D eigenvalue weighted by atomic mass is 10.1. The first-order valence-electron chi connectivity index (χ1n) is 9.40. The lowest BCUT2D eigenvalue weighted by molar-refractivity contribution is 0.0179. The number of hydrogen-bond acceptors (Lipinski definition) is 7. The van der Waals surface area contributed by atoms with Crippen molar-refractivity contribution in [1.29, 1.82) is 0 Å². The molecule has 4 heterocycles. The third-order valence-electron chi connectivity index (χ3n) is 4.88. The van der Waals surface area contributed by atoms with Crippen molar-refractivity contribution >= 4 is 11.3 Å². The van der Waals surface area contributed by atoms with Gasteiger partial charge in [0.1, 0.15) is 6.33 Å². The topological polar surface area (TPSA) is 80.5 Å². The van der Waals surface area contributed by atoms with Crippen LogP contribution in [0.15, 0.2) is 36.8 Å². The van der Waals surface area contributed by atoms with Gasteiger partial charge >= 0.3 is 0 Å². The van der Waals surface area contributed by atoms with E-state index in [1.165, 1.54) is 0 Å². The fourth-order valence-corrected chi connectivity index (χ4v) is 3.35. The van der Waals surface area contributed by atoms with Gasteiger partial charge in [-0.1, -0.05) is 19.9 Å². The van der Waals surface area contributed by atoms with Crippen LogP contribution in [0.4, 0.5) is 5.69 Å². The number of aromatic nitrogens is 5. The molecule has 3 aromatic heterocycles. The summed E-state index contributed by atoms with van der Waals surface area (Å²) in [4.78, 5) is 7.02. The van der Waals surface area contributed by atoms with Gasteiger partial charge < -0.3 is 10.1 Å². The summed E-state index contributed by atoms with van der Waals surface area (Å²) in [7, 11) is 0. The first kappa shape index (κ1) is 17.8. The Morgan fingerprint density at radius 1 is 1.19 bits per heavy atom. The van der Waals surface area contributed by atoms with Crippen molar-refractivity contribution in [3.05, 3.63) is 48.2 Å². The quantitative estimate of drug-likeness (QED) is 0.715. The Morgan fingerprint density at radius 3 is 2.78 bits per heavy atom. The van der Waals surface area contributed by atoms with Crippen molar-refractivity contribution in [2.45, 2.75) is 25.8 Å². The Bertz CT molecular complexity index is 874. The van der Waals surface area contributed by atoms with Gasteiger partial charge in [0.05, 0.1) is 36.3 Å². The van der Waals surface area contributed by atoms with E-state index in [9.17, 15) is 0 Å². The minimum absolute atomic E-state index is 0.161. The minimum atomic E-state index is 0.161. The Hall–Kier alpha value is -2.58. The van der Waals surface area contributed by atoms with Crippen LogP contribution in [0.25, 0.3) is 5.65 Å². The average molecular weight is 367 g/mol. The zero-order chi connectivity index (χ0) is 18.6. The second-order valence-electron chi connectivity index (χ2n) is 7.04. The molecular formula is C19H25N7O. The highest BCUT2D eigenvalue weighted by Gasteiger charge is 2.24. The van der Waals surface area contributed by atoms with E-state index in [4.69, 9.17) is 4.74 Å². The molecule has 0 aliphatic carbocycles. The van der Waals surface area contributed by atoms with E-state index in [0.717, 1.165) is 55.6 Å². The van der Waals surface area contributed by atoms with Crippen molar-refractivity contribution in [1.82, 2.24) is 29.7 Å². The molecule has 1 fully saturated rings. The number of fused-ring (bicyclic) bond motifs is 1. The highest BCUT2D eigenvalue weighted by Crippen LogP contribution is 2.24. The summed E-state index contributed by atoms with van der Waals surface area (Å²) in [5, 5.41) is 16.4. The number of hydrogen-bond donors (Lipinski definition) is 1. The fraction of sp³-hybridized carbons (Fsp3) is 0.474. The molecule has 0 bridgehead atoms. The van der Waals surface area contributed by atoms with Crippen molar-refractivity contribution < 1.29 is 4.74 Å². The summed E-state index contributed by atoms with van der Waals surface area (Å²) in [5.74, 6) is 0.322. The molecule has 0 saturated carbocycles. The van der Waals surface area contributed by atoms with Crippen LogP contribution in [0.2, 0.25) is 0 Å². The molecule has 1 aliphatic heterocycles. The predicted molar refractivity (Wildman–Crippen MR) is 103 cm³/mol. The van der Waals surface area contributed by atoms with E-state index in [1.807, 2.05) is 18.3 Å². The third-order valence-corrected chi connectivity index (χ3v) is 4.88. The van der Waals surface area contributed by atoms with Gasteiger partial charge in [0, 0.05) is 25.8 Å². The largest absolute Gasteiger partial charge is 0.380 e. The number of pyridine rings is 1. The molecule has 0 spiro atoms. The maximum atomic E-state index is 5.53. The Morgan fingerprint density at radius 2 is 2.04 bits per heavy atom. The number of nitrogens with zero attached hydrogens (tertiary/aromatic N) is 6. The van der Waals surface area contributed by atoms with Gasteiger partial charge in [-0.05, 0) is 24.1 Å². The number of nitrogens with one attached hydrogen (secondary N) is 1. The molecule has 8 nitrogen and oxygen atoms in total. The molecule has 0 aromatic carbocycles. The SMILES string of the molecule is CC(C)c1cc(NCC(c2ccccn2)N2CCOCC2)c2nncn2n1. The smallest absolute Gasteiger partial charge is 0.200 e. The second-order valence-corrected chi connectivity index (χ2v) is 7.04. The Kier molecular flexibility index (Phi) is 5.26. The van der Waals surface area contributed by atoms with Gasteiger partial charge in [0.15, 0.2) is 0 Å². The van der Waals surface area contributed by atoms with Gasteiger partial charge in [-0.15, -0.1) is 10.2 Å². The second kappa shape index (κ2) is 7.98. The molecule has 142 valence electrons. The molecule has 0 radical (unpaired) electrons. The lowest BCUT2D eigenvalue weighted by Crippen LogP contribution is -2.41. The van der Waals surface area contributed by atoms with Crippen molar-refractivity contribution in [3.8, 4) is 0 Å². The molecule has 1 atom stereocenters. The van der Waals surface area contributed by atoms with E-state index in [1.54, 1.807) is 10.8 Å². The summed E-state index contributed by atoms with van der Waals surface area (Å²) >= 11 is 0. The molecule has 3 aromatic rings. The summed E-state index contributed by atoms with van der Waals surface area (Å²) in [6, 6.07) is 8.30. The standard InChI is InChI=1S/C19H25N7O/c1-14(2)16-11-17(19-23-22-13-26(19)24-16)21-12-18(15-5-3-4-6-20-15)25-7-9-27-10-8-25/h3-6,11,13-14,18,21H,7-10,12H2,1-2H3. The van der Waals surface area contributed by atoms with E-state index in [-0.39, 0.29) is 6.04 Å². The van der Waals surface area contributed by atoms with Gasteiger partial charge in [0.25, 0.3) is 0 Å². The van der Waals surface area contributed by atoms with Crippen molar-refractivity contribution in [3.63, 3.8) is 0 Å². The van der Waals surface area contributed by atoms with Crippen LogP contribution in [0.1, 0.15) is 37.2 Å². The summed E-state index contributed by atoms with van der Waals surface area (Å²) < 4.78 is 7.26. The maximum absolute atomic E-state index is 5.53. The molecule has 0 amide bonds. The number of morpholine rings is 1. The van der Waals surface area contributed by atoms with Gasteiger partial charge in [0.2, 0.25) is 5.65 Å². The fourth-order valence-electron chi connectivity index (χ4n) is 3.35. The predicted octanol–water partition coefficient (Wildman–Crippen LogP) is 2.13. The van der Waals surface area contributed by atoms with Crippen molar-refractivity contribution in [2.75, 3.05) is 38.2 Å². The Balaban J connectivity index is 1.61. The lowest BCUT2D eigenvalue weighted by Gasteiger charge is -2.34. The monoisotopic (exact) mass is 367 g/mol. The third kappa shape index (κ3) is 3.91. The summed E-state index contributed by atoms with van der Waals surface area (Å²) in [5.41, 5.74) is 3.75. The molecular weight excluding hydrogens is 342 g/mol. The first-order chi connectivity index (χ1) is 13.2. The average Bonchev–Trinajstić information content (AvgIpc) is 3.18. The number of ether oxygens (including phenoxy) is 1. The molecule has 1 aliphatic rings. The minimum Gasteiger partial charge on any atom is -0.380 e. The number of anilines is 1. The van der Waals surface area contributed by atoms with Gasteiger partial charge in [-0.3, -0.25) is 9.88 Å². The van der Waals surface area contributed by atoms with Crippen LogP contribution in [0.3, 0.4) is 0 Å². The van der Waals surface area contributed by atoms with Crippen molar-refractivity contribution in [2.24, 2.45) is 0 Å². The maximum Gasteiger partial charge on any atom is 0.200 e. The van der Waals surface area contributed by atoms with Crippen LogP contribution >= 0.6 is 0 Å². The van der Waals surface area contributed by atoms with E-state index in [2.05, 4.69) is 56.5 Å². The molecule has 1 N–H and O–H groups in total. The van der Waals surface area contributed by atoms with Crippen LogP contribution in [0, 0.1) is 0 Å². The number of rotatable bonds is 6.